The summed E-state index contributed by atoms with van der Waals surface area (Å²) in [6.07, 6.45) is 0.982. The highest BCUT2D eigenvalue weighted by Gasteiger charge is 2.14. The molecule has 3 nitrogen and oxygen atoms in total. The zero-order valence-corrected chi connectivity index (χ0v) is 9.96. The van der Waals surface area contributed by atoms with Crippen molar-refractivity contribution in [2.24, 2.45) is 0 Å². The summed E-state index contributed by atoms with van der Waals surface area (Å²) in [6, 6.07) is 3.62. The van der Waals surface area contributed by atoms with Crippen LogP contribution in [0.4, 0.5) is 0 Å². The molecule has 0 aromatic heterocycles. The molecule has 0 aliphatic carbocycles. The highest BCUT2D eigenvalue weighted by Crippen LogP contribution is 2.35. The second-order valence-electron chi connectivity index (χ2n) is 3.99. The first-order chi connectivity index (χ1) is 7.66. The first kappa shape index (κ1) is 11.6. The fourth-order valence-electron chi connectivity index (χ4n) is 1.70. The lowest BCUT2D eigenvalue weighted by molar-refractivity contribution is 0.195. The maximum Gasteiger partial charge on any atom is 0.162 e. The molecular weight excluding hydrogens is 228 g/mol. The summed E-state index contributed by atoms with van der Waals surface area (Å²) in [5.41, 5.74) is 0.890. The van der Waals surface area contributed by atoms with Gasteiger partial charge >= 0.3 is 0 Å². The predicted molar refractivity (Wildman–Crippen MR) is 62.4 cm³/mol. The minimum absolute atomic E-state index is 0.415. The fourth-order valence-corrected chi connectivity index (χ4v) is 1.93. The number of aliphatic hydroxyl groups is 1. The molecule has 0 fully saturated rings. The second kappa shape index (κ2) is 4.93. The maximum atomic E-state index is 9.36. The topological polar surface area (TPSA) is 38.7 Å². The molecule has 0 saturated heterocycles. The average molecular weight is 243 g/mol. The van der Waals surface area contributed by atoms with E-state index in [1.807, 2.05) is 6.07 Å². The molecule has 2 rings (SSSR count). The molecule has 0 saturated carbocycles. The van der Waals surface area contributed by atoms with Crippen LogP contribution in [0.1, 0.15) is 18.9 Å². The van der Waals surface area contributed by atoms with Gasteiger partial charge in [-0.1, -0.05) is 11.6 Å². The minimum atomic E-state index is -0.415. The monoisotopic (exact) mass is 242 g/mol. The van der Waals surface area contributed by atoms with Crippen molar-refractivity contribution in [2.75, 3.05) is 13.2 Å². The van der Waals surface area contributed by atoms with Gasteiger partial charge in [0, 0.05) is 17.5 Å². The van der Waals surface area contributed by atoms with Crippen molar-refractivity contribution in [1.29, 1.82) is 0 Å². The highest BCUT2D eigenvalue weighted by molar-refractivity contribution is 6.31. The largest absolute Gasteiger partial charge is 0.490 e. The maximum absolute atomic E-state index is 9.36. The van der Waals surface area contributed by atoms with E-state index in [1.165, 1.54) is 0 Å². The van der Waals surface area contributed by atoms with E-state index in [0.717, 1.165) is 17.7 Å². The van der Waals surface area contributed by atoms with Crippen LogP contribution in [0.3, 0.4) is 0 Å². The van der Waals surface area contributed by atoms with Crippen LogP contribution in [0, 0.1) is 0 Å². The van der Waals surface area contributed by atoms with Gasteiger partial charge < -0.3 is 14.6 Å². The van der Waals surface area contributed by atoms with Gasteiger partial charge in [-0.2, -0.15) is 0 Å². The van der Waals surface area contributed by atoms with Gasteiger partial charge in [-0.25, -0.2) is 0 Å². The lowest BCUT2D eigenvalue weighted by Crippen LogP contribution is -2.05. The molecule has 1 aromatic carbocycles. The molecule has 1 aliphatic rings. The van der Waals surface area contributed by atoms with Gasteiger partial charge in [0.05, 0.1) is 19.3 Å². The van der Waals surface area contributed by atoms with Crippen LogP contribution >= 0.6 is 11.6 Å². The number of aliphatic hydroxyl groups excluding tert-OH is 1. The average Bonchev–Trinajstić information content (AvgIpc) is 2.42. The fraction of sp³-hybridized carbons (Fsp3) is 0.500. The van der Waals surface area contributed by atoms with E-state index in [9.17, 15) is 5.11 Å². The quantitative estimate of drug-likeness (QED) is 0.866. The van der Waals surface area contributed by atoms with Crippen molar-refractivity contribution >= 4 is 11.6 Å². The third-order valence-electron chi connectivity index (χ3n) is 2.43. The summed E-state index contributed by atoms with van der Waals surface area (Å²) < 4.78 is 11.1. The predicted octanol–water partition coefficient (Wildman–Crippen LogP) is 2.42. The molecule has 1 unspecified atom stereocenters. The highest BCUT2D eigenvalue weighted by atomic mass is 35.5. The van der Waals surface area contributed by atoms with Gasteiger partial charge in [0.15, 0.2) is 11.5 Å². The van der Waals surface area contributed by atoms with Gasteiger partial charge in [-0.05, 0) is 25.0 Å². The standard InChI is InChI=1S/C12H15ClO3/c1-8(14)5-9-6-11-12(7-10(9)13)16-4-2-3-15-11/h6-8,14H,2-5H2,1H3. The number of halogens is 1. The van der Waals surface area contributed by atoms with Crippen LogP contribution in [0.25, 0.3) is 0 Å². The molecule has 1 aliphatic heterocycles. The Morgan fingerprint density at radius 1 is 1.31 bits per heavy atom. The smallest absolute Gasteiger partial charge is 0.162 e. The second-order valence-corrected chi connectivity index (χ2v) is 4.40. The Labute approximate surface area is 99.9 Å². The number of rotatable bonds is 2. The molecule has 1 heterocycles. The Balaban J connectivity index is 2.31. The van der Waals surface area contributed by atoms with Crippen LogP contribution in [0.15, 0.2) is 12.1 Å². The molecule has 1 N–H and O–H groups in total. The van der Waals surface area contributed by atoms with Crippen molar-refractivity contribution in [3.05, 3.63) is 22.7 Å². The van der Waals surface area contributed by atoms with E-state index in [-0.39, 0.29) is 0 Å². The van der Waals surface area contributed by atoms with Crippen molar-refractivity contribution in [3.63, 3.8) is 0 Å². The van der Waals surface area contributed by atoms with E-state index < -0.39 is 6.10 Å². The SMILES string of the molecule is CC(O)Cc1cc2c(cc1Cl)OCCCO2. The molecule has 1 aromatic rings. The number of hydrogen-bond donors (Lipinski definition) is 1. The Kier molecular flexibility index (Phi) is 3.56. The number of fused-ring (bicyclic) bond motifs is 1. The van der Waals surface area contributed by atoms with Gasteiger partial charge in [-0.15, -0.1) is 0 Å². The van der Waals surface area contributed by atoms with Crippen LogP contribution in [0.2, 0.25) is 5.02 Å². The van der Waals surface area contributed by atoms with Gasteiger partial charge in [0.25, 0.3) is 0 Å². The zero-order valence-electron chi connectivity index (χ0n) is 9.20. The molecule has 0 amide bonds. The van der Waals surface area contributed by atoms with E-state index in [2.05, 4.69) is 0 Å². The summed E-state index contributed by atoms with van der Waals surface area (Å²) in [7, 11) is 0. The Hall–Kier alpha value is -0.930. The molecule has 0 radical (unpaired) electrons. The summed E-state index contributed by atoms with van der Waals surface area (Å²) >= 11 is 6.11. The van der Waals surface area contributed by atoms with E-state index in [1.54, 1.807) is 13.0 Å². The summed E-state index contributed by atoms with van der Waals surface area (Å²) in [4.78, 5) is 0. The van der Waals surface area contributed by atoms with Crippen molar-refractivity contribution < 1.29 is 14.6 Å². The first-order valence-electron chi connectivity index (χ1n) is 5.43. The van der Waals surface area contributed by atoms with Crippen LogP contribution in [0.5, 0.6) is 11.5 Å². The molecule has 0 spiro atoms. The summed E-state index contributed by atoms with van der Waals surface area (Å²) in [5.74, 6) is 1.41. The van der Waals surface area contributed by atoms with Gasteiger partial charge in [-0.3, -0.25) is 0 Å². The first-order valence-corrected chi connectivity index (χ1v) is 5.80. The number of hydrogen-bond acceptors (Lipinski definition) is 3. The lowest BCUT2D eigenvalue weighted by atomic mass is 10.1. The van der Waals surface area contributed by atoms with Crippen molar-refractivity contribution in [2.45, 2.75) is 25.9 Å². The van der Waals surface area contributed by atoms with Crippen LogP contribution < -0.4 is 9.47 Å². The molecular formula is C12H15ClO3. The van der Waals surface area contributed by atoms with Gasteiger partial charge in [0.1, 0.15) is 0 Å². The van der Waals surface area contributed by atoms with Crippen LogP contribution in [-0.4, -0.2) is 24.4 Å². The third-order valence-corrected chi connectivity index (χ3v) is 2.78. The van der Waals surface area contributed by atoms with Crippen LogP contribution in [-0.2, 0) is 6.42 Å². The van der Waals surface area contributed by atoms with Crippen molar-refractivity contribution in [1.82, 2.24) is 0 Å². The molecule has 16 heavy (non-hydrogen) atoms. The van der Waals surface area contributed by atoms with Gasteiger partial charge in [0.2, 0.25) is 0 Å². The summed E-state index contributed by atoms with van der Waals surface area (Å²) in [6.45, 7) is 3.04. The number of ether oxygens (including phenoxy) is 2. The van der Waals surface area contributed by atoms with Crippen molar-refractivity contribution in [3.8, 4) is 11.5 Å². The van der Waals surface area contributed by atoms with E-state index in [0.29, 0.717) is 30.4 Å². The Morgan fingerprint density at radius 3 is 2.56 bits per heavy atom. The molecule has 4 heteroatoms. The molecule has 0 bridgehead atoms. The minimum Gasteiger partial charge on any atom is -0.490 e. The molecule has 1 atom stereocenters. The zero-order chi connectivity index (χ0) is 11.5. The Morgan fingerprint density at radius 2 is 1.94 bits per heavy atom. The third kappa shape index (κ3) is 2.60. The number of benzene rings is 1. The normalized spacial score (nSPS) is 16.7. The molecule has 88 valence electrons. The Bertz CT molecular complexity index is 377. The van der Waals surface area contributed by atoms with E-state index >= 15 is 0 Å². The summed E-state index contributed by atoms with van der Waals surface area (Å²) in [5, 5.41) is 9.98. The van der Waals surface area contributed by atoms with E-state index in [4.69, 9.17) is 21.1 Å². The lowest BCUT2D eigenvalue weighted by Gasteiger charge is -2.12.